The van der Waals surface area contributed by atoms with Gasteiger partial charge in [0.05, 0.1) is 0 Å². The van der Waals surface area contributed by atoms with E-state index in [4.69, 9.17) is 11.6 Å². The highest BCUT2D eigenvalue weighted by Gasteiger charge is 2.20. The zero-order valence-electron chi connectivity index (χ0n) is 16.6. The second-order valence-electron chi connectivity index (χ2n) is 7.08. The molecule has 1 saturated heterocycles. The molecule has 27 heavy (non-hydrogen) atoms. The van der Waals surface area contributed by atoms with E-state index in [0.29, 0.717) is 5.92 Å². The van der Waals surface area contributed by atoms with Gasteiger partial charge in [-0.05, 0) is 56.9 Å². The first kappa shape index (κ1) is 21.2. The highest BCUT2D eigenvalue weighted by Crippen LogP contribution is 2.27. The molecule has 0 bridgehead atoms. The van der Waals surface area contributed by atoms with Gasteiger partial charge < -0.3 is 14.7 Å². The first-order chi connectivity index (χ1) is 12.9. The van der Waals surface area contributed by atoms with Crippen LogP contribution in [0.3, 0.4) is 0 Å². The number of nitrogens with zero attached hydrogens (tertiary/aromatic N) is 4. The smallest absolute Gasteiger partial charge is 0.319 e. The fourth-order valence-corrected chi connectivity index (χ4v) is 3.06. The minimum atomic E-state index is 0.130. The minimum Gasteiger partial charge on any atom is -0.326 e. The first-order valence-corrected chi connectivity index (χ1v) is 9.53. The molecule has 0 spiro atoms. The Hall–Kier alpha value is -2.11. The van der Waals surface area contributed by atoms with Gasteiger partial charge >= 0.3 is 6.03 Å². The number of aromatic nitrogens is 1. The number of carbonyl (C=O) groups is 1. The van der Waals surface area contributed by atoms with Gasteiger partial charge in [0.1, 0.15) is 0 Å². The monoisotopic (exact) mass is 388 g/mol. The number of benzene rings is 1. The van der Waals surface area contributed by atoms with Crippen molar-refractivity contribution >= 4 is 17.6 Å². The maximum absolute atomic E-state index is 10.8. The number of urea groups is 1. The summed E-state index contributed by atoms with van der Waals surface area (Å²) < 4.78 is 0. The number of pyridine rings is 1. The van der Waals surface area contributed by atoms with Gasteiger partial charge in [-0.15, -0.1) is 0 Å². The van der Waals surface area contributed by atoms with Crippen molar-refractivity contribution in [3.63, 3.8) is 0 Å². The van der Waals surface area contributed by atoms with Crippen LogP contribution in [0, 0.1) is 0 Å². The summed E-state index contributed by atoms with van der Waals surface area (Å²) in [6.07, 6.45) is 2.90. The van der Waals surface area contributed by atoms with Gasteiger partial charge in [-0.25, -0.2) is 4.79 Å². The van der Waals surface area contributed by atoms with E-state index in [0.717, 1.165) is 36.8 Å². The lowest BCUT2D eigenvalue weighted by atomic mass is 9.92. The normalized spacial score (nSPS) is 15.0. The lowest BCUT2D eigenvalue weighted by Crippen LogP contribution is -2.25. The molecule has 1 fully saturated rings. The molecule has 146 valence electrons. The average molecular weight is 389 g/mol. The summed E-state index contributed by atoms with van der Waals surface area (Å²) >= 11 is 5.97. The molecular weight excluding hydrogens is 360 g/mol. The number of rotatable bonds is 5. The molecule has 0 N–H and O–H groups in total. The fraction of sp³-hybridized carbons (Fsp3) is 0.429. The Morgan fingerprint density at radius 1 is 1.07 bits per heavy atom. The van der Waals surface area contributed by atoms with Crippen molar-refractivity contribution in [2.45, 2.75) is 12.3 Å². The molecule has 2 aromatic rings. The van der Waals surface area contributed by atoms with Crippen LogP contribution in [-0.2, 0) is 0 Å². The van der Waals surface area contributed by atoms with Gasteiger partial charge in [-0.3, -0.25) is 4.98 Å². The third-order valence-corrected chi connectivity index (χ3v) is 4.86. The van der Waals surface area contributed by atoms with Crippen molar-refractivity contribution in [2.75, 3.05) is 47.8 Å². The lowest BCUT2D eigenvalue weighted by Gasteiger charge is -2.19. The topological polar surface area (TPSA) is 39.7 Å². The van der Waals surface area contributed by atoms with Crippen molar-refractivity contribution < 1.29 is 4.79 Å². The van der Waals surface area contributed by atoms with Gasteiger partial charge in [0.2, 0.25) is 0 Å². The summed E-state index contributed by atoms with van der Waals surface area (Å²) in [5, 5.41) is 0.774. The summed E-state index contributed by atoms with van der Waals surface area (Å²) in [5.74, 6) is 0.320. The maximum atomic E-state index is 10.8. The van der Waals surface area contributed by atoms with Crippen LogP contribution < -0.4 is 0 Å². The third-order valence-electron chi connectivity index (χ3n) is 4.61. The van der Waals surface area contributed by atoms with Crippen LogP contribution in [0.1, 0.15) is 23.6 Å². The summed E-state index contributed by atoms with van der Waals surface area (Å²) in [7, 11) is 7.81. The molecule has 1 aliphatic heterocycles. The van der Waals surface area contributed by atoms with Crippen LogP contribution in [0.4, 0.5) is 4.79 Å². The SMILES string of the molecule is CN(C)CCC(c1ccc(Cl)cc1)c1ccccn1.CN1CCN(C)C1=O. The molecule has 1 unspecified atom stereocenters. The molecule has 1 aliphatic rings. The summed E-state index contributed by atoms with van der Waals surface area (Å²) in [6.45, 7) is 2.77. The van der Waals surface area contributed by atoms with Crippen LogP contribution in [0.2, 0.25) is 5.02 Å². The molecule has 5 nitrogen and oxygen atoms in total. The van der Waals surface area contributed by atoms with Gasteiger partial charge in [-0.2, -0.15) is 0 Å². The van der Waals surface area contributed by atoms with Crippen molar-refractivity contribution in [3.05, 3.63) is 64.9 Å². The zero-order valence-corrected chi connectivity index (χ0v) is 17.4. The van der Waals surface area contributed by atoms with E-state index in [1.807, 2.05) is 44.6 Å². The second kappa shape index (κ2) is 10.3. The Morgan fingerprint density at radius 2 is 1.70 bits per heavy atom. The lowest BCUT2D eigenvalue weighted by molar-refractivity contribution is 0.205. The Morgan fingerprint density at radius 3 is 2.15 bits per heavy atom. The molecule has 0 aliphatic carbocycles. The minimum absolute atomic E-state index is 0.130. The molecule has 2 amide bonds. The predicted octanol–water partition coefficient (Wildman–Crippen LogP) is 3.80. The Balaban J connectivity index is 0.000000273. The largest absolute Gasteiger partial charge is 0.326 e. The molecule has 1 aromatic carbocycles. The van der Waals surface area contributed by atoms with Gasteiger partial charge in [-0.1, -0.05) is 29.8 Å². The molecule has 0 saturated carbocycles. The molecule has 0 radical (unpaired) electrons. The summed E-state index contributed by atoms with van der Waals surface area (Å²) in [4.78, 5) is 20.9. The first-order valence-electron chi connectivity index (χ1n) is 9.16. The standard InChI is InChI=1S/C16H19ClN2.C5H10N2O/c1-19(2)12-10-15(16-5-3-4-11-18-16)13-6-8-14(17)9-7-13;1-6-3-4-7(2)5(6)8/h3-9,11,15H,10,12H2,1-2H3;3-4H2,1-2H3. The Kier molecular flexibility index (Phi) is 8.07. The highest BCUT2D eigenvalue weighted by atomic mass is 35.5. The van der Waals surface area contributed by atoms with Crippen LogP contribution in [0.5, 0.6) is 0 Å². The summed E-state index contributed by atoms with van der Waals surface area (Å²) in [6, 6.07) is 14.3. The maximum Gasteiger partial charge on any atom is 0.319 e. The van der Waals surface area contributed by atoms with Crippen LogP contribution in [0.25, 0.3) is 0 Å². The molecule has 1 atom stereocenters. The predicted molar refractivity (Wildman–Crippen MR) is 111 cm³/mol. The number of amides is 2. The summed E-state index contributed by atoms with van der Waals surface area (Å²) in [5.41, 5.74) is 2.39. The highest BCUT2D eigenvalue weighted by molar-refractivity contribution is 6.30. The number of halogens is 1. The molecule has 3 rings (SSSR count). The van der Waals surface area contributed by atoms with Gasteiger partial charge in [0.15, 0.2) is 0 Å². The Bertz CT molecular complexity index is 694. The van der Waals surface area contributed by atoms with E-state index in [2.05, 4.69) is 42.2 Å². The zero-order chi connectivity index (χ0) is 19.8. The van der Waals surface area contributed by atoms with Crippen molar-refractivity contribution in [1.29, 1.82) is 0 Å². The third kappa shape index (κ3) is 6.52. The number of hydrogen-bond donors (Lipinski definition) is 0. The molecule has 1 aromatic heterocycles. The number of hydrogen-bond acceptors (Lipinski definition) is 3. The second-order valence-corrected chi connectivity index (χ2v) is 7.51. The van der Waals surface area contributed by atoms with E-state index >= 15 is 0 Å². The van der Waals surface area contributed by atoms with Crippen molar-refractivity contribution in [1.82, 2.24) is 19.7 Å². The van der Waals surface area contributed by atoms with E-state index in [9.17, 15) is 4.79 Å². The van der Waals surface area contributed by atoms with E-state index in [1.165, 1.54) is 5.56 Å². The number of carbonyl (C=O) groups excluding carboxylic acids is 1. The quantitative estimate of drug-likeness (QED) is 0.782. The van der Waals surface area contributed by atoms with E-state index in [-0.39, 0.29) is 6.03 Å². The van der Waals surface area contributed by atoms with Crippen LogP contribution in [-0.4, -0.2) is 73.5 Å². The molecular formula is C21H29ClN4O. The van der Waals surface area contributed by atoms with E-state index < -0.39 is 0 Å². The van der Waals surface area contributed by atoms with Crippen molar-refractivity contribution in [2.24, 2.45) is 0 Å². The van der Waals surface area contributed by atoms with Gasteiger partial charge in [0, 0.05) is 50.0 Å². The molecule has 6 heteroatoms. The van der Waals surface area contributed by atoms with E-state index in [1.54, 1.807) is 9.80 Å². The Labute approximate surface area is 167 Å². The van der Waals surface area contributed by atoms with Crippen molar-refractivity contribution in [3.8, 4) is 0 Å². The van der Waals surface area contributed by atoms with Crippen LogP contribution >= 0.6 is 11.6 Å². The fourth-order valence-electron chi connectivity index (χ4n) is 2.93. The van der Waals surface area contributed by atoms with Crippen LogP contribution in [0.15, 0.2) is 48.7 Å². The number of likely N-dealkylation sites (N-methyl/N-ethyl adjacent to an activating group) is 2. The average Bonchev–Trinajstić information content (AvgIpc) is 2.95. The van der Waals surface area contributed by atoms with Gasteiger partial charge in [0.25, 0.3) is 0 Å². The molecule has 2 heterocycles.